The monoisotopic (exact) mass is 249 g/mol. The number of hydrogen-bond donors (Lipinski definition) is 1. The second kappa shape index (κ2) is 4.57. The summed E-state index contributed by atoms with van der Waals surface area (Å²) in [7, 11) is 0. The van der Waals surface area contributed by atoms with E-state index >= 15 is 0 Å². The summed E-state index contributed by atoms with van der Waals surface area (Å²) >= 11 is 5.62. The fourth-order valence-electron chi connectivity index (χ4n) is 1.12. The first-order valence-corrected chi connectivity index (χ1v) is 4.53. The van der Waals surface area contributed by atoms with Gasteiger partial charge in [-0.3, -0.25) is 4.79 Å². The second-order valence-electron chi connectivity index (χ2n) is 2.93. The molecule has 2 nitrogen and oxygen atoms in total. The lowest BCUT2D eigenvalue weighted by atomic mass is 10.1. The predicted octanol–water partition coefficient (Wildman–Crippen LogP) is 2.86. The number of halogens is 4. The Bertz CT molecular complexity index is 440. The van der Waals surface area contributed by atoms with Crippen LogP contribution < -0.4 is 5.73 Å². The Morgan fingerprint density at radius 1 is 1.38 bits per heavy atom. The molecule has 0 aliphatic carbocycles. The third-order valence-electron chi connectivity index (χ3n) is 1.77. The lowest BCUT2D eigenvalue weighted by molar-refractivity contribution is -0.137. The number of alkyl halides is 3. The molecule has 1 aromatic rings. The molecule has 0 spiro atoms. The number of primary amides is 1. The van der Waals surface area contributed by atoms with Gasteiger partial charge in [0.15, 0.2) is 0 Å². The minimum atomic E-state index is -4.53. The Morgan fingerprint density at radius 3 is 2.50 bits per heavy atom. The number of carbonyl (C=O) groups is 1. The molecule has 0 fully saturated rings. The maximum Gasteiger partial charge on any atom is 0.417 e. The van der Waals surface area contributed by atoms with Crippen molar-refractivity contribution in [3.05, 3.63) is 40.4 Å². The molecule has 0 aromatic heterocycles. The van der Waals surface area contributed by atoms with Crippen LogP contribution in [0.15, 0.2) is 24.3 Å². The quantitative estimate of drug-likeness (QED) is 0.805. The summed E-state index contributed by atoms with van der Waals surface area (Å²) in [5.41, 5.74) is 3.63. The molecule has 6 heteroatoms. The van der Waals surface area contributed by atoms with Crippen LogP contribution in [0.2, 0.25) is 5.02 Å². The highest BCUT2D eigenvalue weighted by Gasteiger charge is 2.33. The molecule has 0 aliphatic rings. The highest BCUT2D eigenvalue weighted by molar-refractivity contribution is 6.32. The van der Waals surface area contributed by atoms with Crippen molar-refractivity contribution in [3.8, 4) is 0 Å². The SMILES string of the molecule is NC(=O)/C=C/c1c(Cl)cccc1C(F)(F)F. The number of amides is 1. The minimum absolute atomic E-state index is 0.0904. The molecule has 0 bridgehead atoms. The molecule has 1 aromatic carbocycles. The molecule has 0 heterocycles. The van der Waals surface area contributed by atoms with E-state index in [9.17, 15) is 18.0 Å². The van der Waals surface area contributed by atoms with Crippen molar-refractivity contribution in [3.63, 3.8) is 0 Å². The largest absolute Gasteiger partial charge is 0.417 e. The van der Waals surface area contributed by atoms with Crippen molar-refractivity contribution in [2.45, 2.75) is 6.18 Å². The molecule has 0 saturated carbocycles. The first-order chi connectivity index (χ1) is 7.32. The van der Waals surface area contributed by atoms with Crippen molar-refractivity contribution in [2.75, 3.05) is 0 Å². The molecule has 86 valence electrons. The van der Waals surface area contributed by atoms with Gasteiger partial charge in [-0.2, -0.15) is 13.2 Å². The van der Waals surface area contributed by atoms with Crippen LogP contribution in [0.1, 0.15) is 11.1 Å². The van der Waals surface area contributed by atoms with Crippen molar-refractivity contribution < 1.29 is 18.0 Å². The average molecular weight is 250 g/mol. The molecular weight excluding hydrogens is 243 g/mol. The highest BCUT2D eigenvalue weighted by atomic mass is 35.5. The van der Waals surface area contributed by atoms with Crippen molar-refractivity contribution >= 4 is 23.6 Å². The van der Waals surface area contributed by atoms with Crippen molar-refractivity contribution in [1.29, 1.82) is 0 Å². The van der Waals surface area contributed by atoms with Crippen LogP contribution in [0, 0.1) is 0 Å². The van der Waals surface area contributed by atoms with Crippen LogP contribution in [0.3, 0.4) is 0 Å². The Kier molecular flexibility index (Phi) is 3.59. The van der Waals surface area contributed by atoms with E-state index in [1.165, 1.54) is 12.1 Å². The van der Waals surface area contributed by atoms with Gasteiger partial charge < -0.3 is 5.73 Å². The smallest absolute Gasteiger partial charge is 0.366 e. The van der Waals surface area contributed by atoms with Gasteiger partial charge in [0.2, 0.25) is 5.91 Å². The van der Waals surface area contributed by atoms with Gasteiger partial charge in [-0.15, -0.1) is 0 Å². The van der Waals surface area contributed by atoms with Crippen LogP contribution >= 0.6 is 11.6 Å². The summed E-state index contributed by atoms with van der Waals surface area (Å²) in [6.45, 7) is 0. The van der Waals surface area contributed by atoms with Crippen molar-refractivity contribution in [2.24, 2.45) is 5.73 Å². The third kappa shape index (κ3) is 3.00. The fraction of sp³-hybridized carbons (Fsp3) is 0.100. The topological polar surface area (TPSA) is 43.1 Å². The Balaban J connectivity index is 3.30. The first-order valence-electron chi connectivity index (χ1n) is 4.15. The van der Waals surface area contributed by atoms with E-state index in [2.05, 4.69) is 0 Å². The van der Waals surface area contributed by atoms with E-state index in [1.807, 2.05) is 0 Å². The van der Waals surface area contributed by atoms with Gasteiger partial charge in [0, 0.05) is 16.7 Å². The average Bonchev–Trinajstić information content (AvgIpc) is 2.13. The summed E-state index contributed by atoms with van der Waals surface area (Å²) in [5.74, 6) is -0.840. The van der Waals surface area contributed by atoms with E-state index < -0.39 is 17.6 Å². The van der Waals surface area contributed by atoms with E-state index in [0.29, 0.717) is 0 Å². The van der Waals surface area contributed by atoms with E-state index in [-0.39, 0.29) is 10.6 Å². The molecule has 0 saturated heterocycles. The molecule has 1 amide bonds. The zero-order chi connectivity index (χ0) is 12.3. The molecule has 0 radical (unpaired) electrons. The fourth-order valence-corrected chi connectivity index (χ4v) is 1.36. The van der Waals surface area contributed by atoms with Crippen molar-refractivity contribution in [1.82, 2.24) is 0 Å². The number of rotatable bonds is 2. The van der Waals surface area contributed by atoms with Gasteiger partial charge >= 0.3 is 6.18 Å². The van der Waals surface area contributed by atoms with Gasteiger partial charge in [0.1, 0.15) is 0 Å². The van der Waals surface area contributed by atoms with Gasteiger partial charge in [0.05, 0.1) is 5.56 Å². The standard InChI is InChI=1S/C10H7ClF3NO/c11-8-3-1-2-7(10(12,13)14)6(8)4-5-9(15)16/h1-5H,(H2,15,16)/b5-4+. The van der Waals surface area contributed by atoms with Crippen LogP contribution in [0.5, 0.6) is 0 Å². The molecule has 0 unspecified atom stereocenters. The number of hydrogen-bond acceptors (Lipinski definition) is 1. The van der Waals surface area contributed by atoms with Crippen LogP contribution in [0.25, 0.3) is 6.08 Å². The summed E-state index contributed by atoms with van der Waals surface area (Å²) < 4.78 is 37.6. The number of nitrogens with two attached hydrogens (primary N) is 1. The Morgan fingerprint density at radius 2 is 2.00 bits per heavy atom. The molecule has 0 aliphatic heterocycles. The normalized spacial score (nSPS) is 12.0. The first kappa shape index (κ1) is 12.6. The molecule has 2 N–H and O–H groups in total. The summed E-state index contributed by atoms with van der Waals surface area (Å²) in [6.07, 6.45) is -2.74. The van der Waals surface area contributed by atoms with E-state index in [1.54, 1.807) is 0 Å². The van der Waals surface area contributed by atoms with E-state index in [4.69, 9.17) is 17.3 Å². The summed E-state index contributed by atoms with van der Waals surface area (Å²) in [6, 6.07) is 3.37. The third-order valence-corrected chi connectivity index (χ3v) is 2.10. The molecule has 0 atom stereocenters. The molecule has 16 heavy (non-hydrogen) atoms. The molecular formula is C10H7ClF3NO. The minimum Gasteiger partial charge on any atom is -0.366 e. The summed E-state index contributed by atoms with van der Waals surface area (Å²) in [4.78, 5) is 10.5. The predicted molar refractivity (Wildman–Crippen MR) is 54.7 cm³/mol. The number of carbonyl (C=O) groups excluding carboxylic acids is 1. The number of benzene rings is 1. The Labute approximate surface area is 94.5 Å². The highest BCUT2D eigenvalue weighted by Crippen LogP contribution is 2.35. The lowest BCUT2D eigenvalue weighted by Crippen LogP contribution is -2.09. The zero-order valence-corrected chi connectivity index (χ0v) is 8.64. The van der Waals surface area contributed by atoms with Gasteiger partial charge in [-0.25, -0.2) is 0 Å². The van der Waals surface area contributed by atoms with Crippen LogP contribution in [0.4, 0.5) is 13.2 Å². The van der Waals surface area contributed by atoms with Gasteiger partial charge in [-0.05, 0) is 18.2 Å². The lowest BCUT2D eigenvalue weighted by Gasteiger charge is -2.11. The van der Waals surface area contributed by atoms with Crippen LogP contribution in [-0.2, 0) is 11.0 Å². The maximum absolute atomic E-state index is 12.5. The zero-order valence-electron chi connectivity index (χ0n) is 7.88. The van der Waals surface area contributed by atoms with Gasteiger partial charge in [-0.1, -0.05) is 17.7 Å². The van der Waals surface area contributed by atoms with E-state index in [0.717, 1.165) is 18.2 Å². The summed E-state index contributed by atoms with van der Waals surface area (Å²) in [5, 5.41) is -0.0904. The van der Waals surface area contributed by atoms with Crippen LogP contribution in [-0.4, -0.2) is 5.91 Å². The second-order valence-corrected chi connectivity index (χ2v) is 3.34. The molecule has 1 rings (SSSR count). The maximum atomic E-state index is 12.5. The van der Waals surface area contributed by atoms with Gasteiger partial charge in [0.25, 0.3) is 0 Å². The Hall–Kier alpha value is -1.49.